The van der Waals surface area contributed by atoms with Crippen molar-refractivity contribution in [3.8, 4) is 5.75 Å². The van der Waals surface area contributed by atoms with E-state index in [1.165, 1.54) is 0 Å². The molecule has 0 aromatic heterocycles. The van der Waals surface area contributed by atoms with Crippen LogP contribution in [0.2, 0.25) is 0 Å². The number of nitrogens with zero attached hydrogens (tertiary/aromatic N) is 1. The van der Waals surface area contributed by atoms with Gasteiger partial charge in [0.1, 0.15) is 5.75 Å². The van der Waals surface area contributed by atoms with Gasteiger partial charge in [0, 0.05) is 5.56 Å². The van der Waals surface area contributed by atoms with E-state index in [1.54, 1.807) is 17.0 Å². The quantitative estimate of drug-likeness (QED) is 0.718. The van der Waals surface area contributed by atoms with Gasteiger partial charge < -0.3 is 15.0 Å². The summed E-state index contributed by atoms with van der Waals surface area (Å²) in [5, 5.41) is 3.01. The molecule has 5 nitrogen and oxygen atoms in total. The normalized spacial score (nSPS) is 14.0. The largest absolute Gasteiger partial charge is 0.482 e. The summed E-state index contributed by atoms with van der Waals surface area (Å²) >= 11 is 0. The van der Waals surface area contributed by atoms with Crippen molar-refractivity contribution in [3.63, 3.8) is 0 Å². The van der Waals surface area contributed by atoms with Crippen LogP contribution in [-0.4, -0.2) is 18.4 Å². The first kappa shape index (κ1) is 18.7. The molecule has 3 aromatic carbocycles. The van der Waals surface area contributed by atoms with E-state index in [4.69, 9.17) is 4.74 Å². The standard InChI is InChI=1S/C24H22N2O3/c1-17(19-7-3-2-4-8-19)25-24(28)20-13-11-18(12-14-20)15-26-21-9-5-6-10-22(21)29-16-23(26)27/h2-14,17H,15-16H2,1H3,(H,25,28)/t17-/m1/s1. The molecule has 0 saturated heterocycles. The zero-order valence-corrected chi connectivity index (χ0v) is 16.2. The number of hydrogen-bond donors (Lipinski definition) is 1. The lowest BCUT2D eigenvalue weighted by atomic mass is 10.1. The van der Waals surface area contributed by atoms with E-state index in [-0.39, 0.29) is 24.5 Å². The Kier molecular flexibility index (Phi) is 5.29. The number of amides is 2. The number of fused-ring (bicyclic) bond motifs is 1. The highest BCUT2D eigenvalue weighted by molar-refractivity contribution is 5.98. The zero-order chi connectivity index (χ0) is 20.2. The topological polar surface area (TPSA) is 58.6 Å². The van der Waals surface area contributed by atoms with E-state index >= 15 is 0 Å². The third-order valence-corrected chi connectivity index (χ3v) is 5.01. The van der Waals surface area contributed by atoms with E-state index < -0.39 is 0 Å². The van der Waals surface area contributed by atoms with Gasteiger partial charge in [-0.25, -0.2) is 0 Å². The molecule has 0 bridgehead atoms. The molecule has 2 amide bonds. The number of ether oxygens (including phenoxy) is 1. The van der Waals surface area contributed by atoms with Gasteiger partial charge in [-0.15, -0.1) is 0 Å². The molecule has 3 aromatic rings. The maximum atomic E-state index is 12.6. The van der Waals surface area contributed by atoms with Gasteiger partial charge in [-0.05, 0) is 42.3 Å². The Morgan fingerprint density at radius 3 is 2.45 bits per heavy atom. The van der Waals surface area contributed by atoms with Crippen LogP contribution in [0.15, 0.2) is 78.9 Å². The summed E-state index contributed by atoms with van der Waals surface area (Å²) in [7, 11) is 0. The molecule has 5 heteroatoms. The highest BCUT2D eigenvalue weighted by atomic mass is 16.5. The summed E-state index contributed by atoms with van der Waals surface area (Å²) in [4.78, 5) is 26.6. The summed E-state index contributed by atoms with van der Waals surface area (Å²) in [5.41, 5.74) is 3.36. The predicted molar refractivity (Wildman–Crippen MR) is 112 cm³/mol. The number of rotatable bonds is 5. The van der Waals surface area contributed by atoms with Crippen molar-refractivity contribution in [1.82, 2.24) is 5.32 Å². The summed E-state index contributed by atoms with van der Waals surface area (Å²) in [6.07, 6.45) is 0. The summed E-state index contributed by atoms with van der Waals surface area (Å²) < 4.78 is 5.48. The van der Waals surface area contributed by atoms with Crippen molar-refractivity contribution >= 4 is 17.5 Å². The molecule has 4 rings (SSSR count). The van der Waals surface area contributed by atoms with Gasteiger partial charge in [0.15, 0.2) is 6.61 Å². The van der Waals surface area contributed by atoms with Gasteiger partial charge in [-0.2, -0.15) is 0 Å². The average molecular weight is 386 g/mol. The van der Waals surface area contributed by atoms with Crippen LogP contribution in [0.1, 0.15) is 34.5 Å². The number of hydrogen-bond acceptors (Lipinski definition) is 3. The molecule has 1 aliphatic heterocycles. The second kappa shape index (κ2) is 8.19. The molecule has 0 saturated carbocycles. The van der Waals surface area contributed by atoms with Crippen molar-refractivity contribution in [2.24, 2.45) is 0 Å². The second-order valence-electron chi connectivity index (χ2n) is 7.04. The van der Waals surface area contributed by atoms with Gasteiger partial charge in [-0.3, -0.25) is 9.59 Å². The number of benzene rings is 3. The number of nitrogens with one attached hydrogen (secondary N) is 1. The smallest absolute Gasteiger partial charge is 0.265 e. The van der Waals surface area contributed by atoms with Crippen LogP contribution in [0.4, 0.5) is 5.69 Å². The van der Waals surface area contributed by atoms with E-state index in [9.17, 15) is 9.59 Å². The third kappa shape index (κ3) is 4.14. The van der Waals surface area contributed by atoms with Crippen LogP contribution in [-0.2, 0) is 11.3 Å². The minimum Gasteiger partial charge on any atom is -0.482 e. The van der Waals surface area contributed by atoms with E-state index in [1.807, 2.05) is 73.7 Å². The molecule has 0 fully saturated rings. The van der Waals surface area contributed by atoms with Gasteiger partial charge >= 0.3 is 0 Å². The summed E-state index contributed by atoms with van der Waals surface area (Å²) in [6.45, 7) is 2.43. The minimum atomic E-state index is -0.124. The Morgan fingerprint density at radius 1 is 1.00 bits per heavy atom. The summed E-state index contributed by atoms with van der Waals surface area (Å²) in [6, 6.07) is 24.6. The first-order valence-electron chi connectivity index (χ1n) is 9.59. The number of anilines is 1. The number of para-hydroxylation sites is 2. The fourth-order valence-electron chi connectivity index (χ4n) is 3.38. The average Bonchev–Trinajstić information content (AvgIpc) is 2.77. The Bertz CT molecular complexity index is 1020. The monoisotopic (exact) mass is 386 g/mol. The molecule has 1 aliphatic rings. The molecular weight excluding hydrogens is 364 g/mol. The van der Waals surface area contributed by atoms with Crippen LogP contribution >= 0.6 is 0 Å². The van der Waals surface area contributed by atoms with Crippen molar-refractivity contribution in [3.05, 3.63) is 95.6 Å². The lowest BCUT2D eigenvalue weighted by Crippen LogP contribution is -2.38. The second-order valence-corrected chi connectivity index (χ2v) is 7.04. The highest BCUT2D eigenvalue weighted by Gasteiger charge is 2.25. The van der Waals surface area contributed by atoms with E-state index in [2.05, 4.69) is 5.32 Å². The van der Waals surface area contributed by atoms with Gasteiger partial charge in [0.2, 0.25) is 0 Å². The van der Waals surface area contributed by atoms with Crippen molar-refractivity contribution < 1.29 is 14.3 Å². The maximum absolute atomic E-state index is 12.6. The molecule has 1 atom stereocenters. The van der Waals surface area contributed by atoms with Crippen molar-refractivity contribution in [2.75, 3.05) is 11.5 Å². The SMILES string of the molecule is C[C@@H](NC(=O)c1ccc(CN2C(=O)COc3ccccc32)cc1)c1ccccc1. The number of carbonyl (C=O) groups excluding carboxylic acids is 2. The molecule has 0 aliphatic carbocycles. The molecule has 0 radical (unpaired) electrons. The molecule has 1 heterocycles. The number of carbonyl (C=O) groups is 2. The Balaban J connectivity index is 1.44. The Morgan fingerprint density at radius 2 is 1.69 bits per heavy atom. The Hall–Kier alpha value is -3.60. The van der Waals surface area contributed by atoms with Crippen LogP contribution < -0.4 is 15.0 Å². The molecule has 0 spiro atoms. The first-order valence-corrected chi connectivity index (χ1v) is 9.59. The lowest BCUT2D eigenvalue weighted by Gasteiger charge is -2.29. The van der Waals surface area contributed by atoms with Gasteiger partial charge in [0.05, 0.1) is 18.3 Å². The van der Waals surface area contributed by atoms with Crippen molar-refractivity contribution in [1.29, 1.82) is 0 Å². The van der Waals surface area contributed by atoms with Crippen molar-refractivity contribution in [2.45, 2.75) is 19.5 Å². The fraction of sp³-hybridized carbons (Fsp3) is 0.167. The molecule has 146 valence electrons. The van der Waals surface area contributed by atoms with Crippen LogP contribution in [0.25, 0.3) is 0 Å². The van der Waals surface area contributed by atoms with E-state index in [0.717, 1.165) is 16.8 Å². The molecule has 29 heavy (non-hydrogen) atoms. The minimum absolute atomic E-state index is 0.0366. The van der Waals surface area contributed by atoms with Crippen LogP contribution in [0.3, 0.4) is 0 Å². The first-order chi connectivity index (χ1) is 14.1. The third-order valence-electron chi connectivity index (χ3n) is 5.01. The van der Waals surface area contributed by atoms with E-state index in [0.29, 0.717) is 17.9 Å². The zero-order valence-electron chi connectivity index (χ0n) is 16.2. The molecule has 0 unspecified atom stereocenters. The fourth-order valence-corrected chi connectivity index (χ4v) is 3.38. The summed E-state index contributed by atoms with van der Waals surface area (Å²) in [5.74, 6) is 0.501. The van der Waals surface area contributed by atoms with Gasteiger partial charge in [-0.1, -0.05) is 54.6 Å². The van der Waals surface area contributed by atoms with Crippen LogP contribution in [0, 0.1) is 0 Å². The molecule has 1 N–H and O–H groups in total. The highest BCUT2D eigenvalue weighted by Crippen LogP contribution is 2.32. The van der Waals surface area contributed by atoms with Gasteiger partial charge in [0.25, 0.3) is 11.8 Å². The molecular formula is C24H22N2O3. The lowest BCUT2D eigenvalue weighted by molar-refractivity contribution is -0.121. The predicted octanol–water partition coefficient (Wildman–Crippen LogP) is 4.10. The maximum Gasteiger partial charge on any atom is 0.265 e. The Labute approximate surface area is 169 Å². The van der Waals surface area contributed by atoms with Crippen LogP contribution in [0.5, 0.6) is 5.75 Å².